The Morgan fingerprint density at radius 3 is 2.81 bits per heavy atom. The molecule has 0 unspecified atom stereocenters. The lowest BCUT2D eigenvalue weighted by atomic mass is 10.1. The van der Waals surface area contributed by atoms with E-state index < -0.39 is 0 Å². The van der Waals surface area contributed by atoms with E-state index in [-0.39, 0.29) is 5.60 Å². The van der Waals surface area contributed by atoms with Crippen molar-refractivity contribution < 1.29 is 9.47 Å². The van der Waals surface area contributed by atoms with Gasteiger partial charge in [-0.2, -0.15) is 5.10 Å². The van der Waals surface area contributed by atoms with Crippen molar-refractivity contribution in [3.63, 3.8) is 0 Å². The molecule has 1 aromatic carbocycles. The Kier molecular flexibility index (Phi) is 3.79. The molecular weight excluding hydrogens is 328 g/mol. The molecule has 0 amide bonds. The lowest BCUT2D eigenvalue weighted by molar-refractivity contribution is 0.121. The molecular formula is C20H24N4O2. The van der Waals surface area contributed by atoms with Gasteiger partial charge in [-0.3, -0.25) is 4.68 Å². The third kappa shape index (κ3) is 2.75. The standard InChI is InChI=1S/C20H24N4O2/c1-13-18-16(8-9-21-19(18)23(4)22-13)24-11-14-6-7-15(25-5)10-17(14)26-20(2,3)12-24/h6-10H,11-12H2,1-5H3. The highest BCUT2D eigenvalue weighted by atomic mass is 16.5. The number of aryl methyl sites for hydroxylation is 2. The summed E-state index contributed by atoms with van der Waals surface area (Å²) in [5.74, 6) is 1.69. The molecule has 0 aliphatic carbocycles. The van der Waals surface area contributed by atoms with E-state index in [9.17, 15) is 0 Å². The number of benzene rings is 1. The maximum absolute atomic E-state index is 6.33. The van der Waals surface area contributed by atoms with Gasteiger partial charge in [0, 0.05) is 31.4 Å². The molecule has 4 rings (SSSR count). The van der Waals surface area contributed by atoms with Crippen LogP contribution in [0.4, 0.5) is 5.69 Å². The van der Waals surface area contributed by atoms with Crippen molar-refractivity contribution in [3.8, 4) is 11.5 Å². The number of hydrogen-bond donors (Lipinski definition) is 0. The number of ether oxygens (including phenoxy) is 2. The van der Waals surface area contributed by atoms with Crippen LogP contribution in [0.1, 0.15) is 25.1 Å². The predicted molar refractivity (Wildman–Crippen MR) is 102 cm³/mol. The van der Waals surface area contributed by atoms with Crippen LogP contribution >= 0.6 is 0 Å². The van der Waals surface area contributed by atoms with Gasteiger partial charge in [0.05, 0.1) is 30.4 Å². The summed E-state index contributed by atoms with van der Waals surface area (Å²) in [7, 11) is 3.61. The van der Waals surface area contributed by atoms with E-state index in [1.54, 1.807) is 7.11 Å². The van der Waals surface area contributed by atoms with E-state index >= 15 is 0 Å². The highest BCUT2D eigenvalue weighted by Gasteiger charge is 2.31. The normalized spacial score (nSPS) is 16.1. The summed E-state index contributed by atoms with van der Waals surface area (Å²) in [4.78, 5) is 6.87. The van der Waals surface area contributed by atoms with Crippen LogP contribution in [0, 0.1) is 6.92 Å². The van der Waals surface area contributed by atoms with Crippen LogP contribution in [-0.2, 0) is 13.6 Å². The van der Waals surface area contributed by atoms with Crippen LogP contribution in [0.25, 0.3) is 11.0 Å². The van der Waals surface area contributed by atoms with E-state index in [1.165, 1.54) is 0 Å². The maximum atomic E-state index is 6.33. The van der Waals surface area contributed by atoms with Gasteiger partial charge in [0.15, 0.2) is 5.65 Å². The van der Waals surface area contributed by atoms with Gasteiger partial charge in [-0.25, -0.2) is 4.98 Å². The monoisotopic (exact) mass is 352 g/mol. The summed E-state index contributed by atoms with van der Waals surface area (Å²) in [6.45, 7) is 7.78. The first kappa shape index (κ1) is 16.7. The Morgan fingerprint density at radius 1 is 1.23 bits per heavy atom. The summed E-state index contributed by atoms with van der Waals surface area (Å²) in [5.41, 5.74) is 3.83. The van der Waals surface area contributed by atoms with Crippen molar-refractivity contribution in [3.05, 3.63) is 41.7 Å². The lowest BCUT2D eigenvalue weighted by Crippen LogP contribution is -2.40. The van der Waals surface area contributed by atoms with Gasteiger partial charge in [-0.1, -0.05) is 0 Å². The highest BCUT2D eigenvalue weighted by Crippen LogP contribution is 2.36. The molecule has 0 saturated carbocycles. The molecule has 0 radical (unpaired) electrons. The van der Waals surface area contributed by atoms with Crippen LogP contribution < -0.4 is 14.4 Å². The first-order chi connectivity index (χ1) is 12.4. The van der Waals surface area contributed by atoms with Crippen molar-refractivity contribution in [1.82, 2.24) is 14.8 Å². The number of anilines is 1. The number of aromatic nitrogens is 3. The largest absolute Gasteiger partial charge is 0.497 e. The van der Waals surface area contributed by atoms with Gasteiger partial charge in [-0.15, -0.1) is 0 Å². The molecule has 0 N–H and O–H groups in total. The quantitative estimate of drug-likeness (QED) is 0.707. The topological polar surface area (TPSA) is 52.4 Å². The summed E-state index contributed by atoms with van der Waals surface area (Å²) in [5, 5.41) is 5.65. The molecule has 2 aromatic heterocycles. The minimum Gasteiger partial charge on any atom is -0.497 e. The number of pyridine rings is 1. The molecule has 0 spiro atoms. The first-order valence-electron chi connectivity index (χ1n) is 8.77. The van der Waals surface area contributed by atoms with Crippen molar-refractivity contribution >= 4 is 16.7 Å². The molecule has 1 aliphatic rings. The first-order valence-corrected chi connectivity index (χ1v) is 8.77. The van der Waals surface area contributed by atoms with Gasteiger partial charge >= 0.3 is 0 Å². The maximum Gasteiger partial charge on any atom is 0.159 e. The fraction of sp³-hybridized carbons (Fsp3) is 0.400. The summed E-state index contributed by atoms with van der Waals surface area (Å²) >= 11 is 0. The molecule has 1 aliphatic heterocycles. The fourth-order valence-electron chi connectivity index (χ4n) is 3.73. The number of fused-ring (bicyclic) bond motifs is 2. The van der Waals surface area contributed by atoms with Gasteiger partial charge in [0.2, 0.25) is 0 Å². The van der Waals surface area contributed by atoms with E-state index in [0.717, 1.165) is 52.6 Å². The van der Waals surface area contributed by atoms with E-state index in [2.05, 4.69) is 41.0 Å². The van der Waals surface area contributed by atoms with E-state index in [4.69, 9.17) is 9.47 Å². The minimum atomic E-state index is -0.344. The van der Waals surface area contributed by atoms with Crippen LogP contribution in [0.15, 0.2) is 30.5 Å². The molecule has 136 valence electrons. The van der Waals surface area contributed by atoms with Gasteiger partial charge in [0.25, 0.3) is 0 Å². The number of nitrogens with zero attached hydrogens (tertiary/aromatic N) is 4. The summed E-state index contributed by atoms with van der Waals surface area (Å²) in [6, 6.07) is 8.10. The second-order valence-electron chi connectivity index (χ2n) is 7.43. The lowest BCUT2D eigenvalue weighted by Gasteiger charge is -2.31. The zero-order chi connectivity index (χ0) is 18.5. The molecule has 0 atom stereocenters. The Bertz CT molecular complexity index is 977. The van der Waals surface area contributed by atoms with Crippen molar-refractivity contribution in [2.75, 3.05) is 18.6 Å². The van der Waals surface area contributed by atoms with Gasteiger partial charge in [-0.05, 0) is 39.0 Å². The Balaban J connectivity index is 1.84. The van der Waals surface area contributed by atoms with E-state index in [1.807, 2.05) is 37.0 Å². The Labute approximate surface area is 153 Å². The molecule has 6 nitrogen and oxygen atoms in total. The van der Waals surface area contributed by atoms with Gasteiger partial charge < -0.3 is 14.4 Å². The van der Waals surface area contributed by atoms with Crippen LogP contribution in [0.3, 0.4) is 0 Å². The van der Waals surface area contributed by atoms with Crippen LogP contribution in [0.5, 0.6) is 11.5 Å². The van der Waals surface area contributed by atoms with Crippen LogP contribution in [0.2, 0.25) is 0 Å². The Hall–Kier alpha value is -2.76. The smallest absolute Gasteiger partial charge is 0.159 e. The highest BCUT2D eigenvalue weighted by molar-refractivity contribution is 5.92. The second kappa shape index (κ2) is 5.90. The van der Waals surface area contributed by atoms with E-state index in [0.29, 0.717) is 0 Å². The molecule has 26 heavy (non-hydrogen) atoms. The molecule has 0 saturated heterocycles. The van der Waals surface area contributed by atoms with Crippen molar-refractivity contribution in [2.24, 2.45) is 7.05 Å². The molecule has 3 heterocycles. The molecule has 3 aromatic rings. The molecule has 0 fully saturated rings. The predicted octanol–water partition coefficient (Wildman–Crippen LogP) is 3.46. The van der Waals surface area contributed by atoms with Crippen LogP contribution in [-0.4, -0.2) is 34.0 Å². The molecule has 6 heteroatoms. The zero-order valence-electron chi connectivity index (χ0n) is 15.9. The third-order valence-corrected chi connectivity index (χ3v) is 4.81. The SMILES string of the molecule is COc1ccc2c(c1)OC(C)(C)CN(c1ccnc3c1c(C)nn3C)C2. The zero-order valence-corrected chi connectivity index (χ0v) is 15.9. The fourth-order valence-corrected chi connectivity index (χ4v) is 3.73. The number of hydrogen-bond acceptors (Lipinski definition) is 5. The summed E-state index contributed by atoms with van der Waals surface area (Å²) in [6.07, 6.45) is 1.85. The van der Waals surface area contributed by atoms with Gasteiger partial charge in [0.1, 0.15) is 17.1 Å². The number of rotatable bonds is 2. The van der Waals surface area contributed by atoms with Crippen molar-refractivity contribution in [2.45, 2.75) is 32.9 Å². The van der Waals surface area contributed by atoms with Crippen molar-refractivity contribution in [1.29, 1.82) is 0 Å². The third-order valence-electron chi connectivity index (χ3n) is 4.81. The summed E-state index contributed by atoms with van der Waals surface area (Å²) < 4.78 is 13.5. The Morgan fingerprint density at radius 2 is 2.04 bits per heavy atom. The molecule has 0 bridgehead atoms. The second-order valence-corrected chi connectivity index (χ2v) is 7.43. The average Bonchev–Trinajstić information content (AvgIpc) is 2.81. The average molecular weight is 352 g/mol. The minimum absolute atomic E-state index is 0.344. The number of methoxy groups -OCH3 is 1.